The Hall–Kier alpha value is -1.16. The number of epoxide rings is 1. The van der Waals surface area contributed by atoms with Crippen LogP contribution in [0.1, 0.15) is 23.2 Å². The molecule has 0 bridgehead atoms. The highest BCUT2D eigenvalue weighted by molar-refractivity contribution is 9.10. The molecule has 78 valence electrons. The summed E-state index contributed by atoms with van der Waals surface area (Å²) in [6.07, 6.45) is 4.85. The van der Waals surface area contributed by atoms with Crippen molar-refractivity contribution < 1.29 is 9.53 Å². The topological polar surface area (TPSA) is 42.5 Å². The van der Waals surface area contributed by atoms with E-state index in [1.165, 1.54) is 0 Å². The highest BCUT2D eigenvalue weighted by Crippen LogP contribution is 2.16. The Balaban J connectivity index is 1.92. The molecule has 1 aliphatic rings. The highest BCUT2D eigenvalue weighted by Gasteiger charge is 2.12. The molecule has 2 heterocycles. The average molecular weight is 268 g/mol. The molecule has 1 fully saturated rings. The molecule has 0 N–H and O–H groups in total. The van der Waals surface area contributed by atoms with Crippen LogP contribution in [-0.4, -0.2) is 17.4 Å². The SMILES string of the molecule is O=C(CC/C=C1/CO1)c1ccnc(Br)c1. The molecule has 1 aromatic heterocycles. The first kappa shape index (κ1) is 10.4. The molecule has 0 atom stereocenters. The zero-order valence-electron chi connectivity index (χ0n) is 8.07. The Morgan fingerprint density at radius 1 is 1.67 bits per heavy atom. The van der Waals surface area contributed by atoms with E-state index in [0.29, 0.717) is 16.6 Å². The van der Waals surface area contributed by atoms with Gasteiger partial charge in [0.15, 0.2) is 5.78 Å². The summed E-state index contributed by atoms with van der Waals surface area (Å²) in [5.41, 5.74) is 0.701. The number of hydrogen-bond acceptors (Lipinski definition) is 3. The maximum Gasteiger partial charge on any atom is 0.163 e. The fourth-order valence-corrected chi connectivity index (χ4v) is 1.61. The monoisotopic (exact) mass is 267 g/mol. The van der Waals surface area contributed by atoms with Crippen molar-refractivity contribution in [1.29, 1.82) is 0 Å². The smallest absolute Gasteiger partial charge is 0.163 e. The normalized spacial score (nSPS) is 16.2. The lowest BCUT2D eigenvalue weighted by molar-refractivity contribution is 0.0983. The van der Waals surface area contributed by atoms with Crippen LogP contribution in [0.3, 0.4) is 0 Å². The van der Waals surface area contributed by atoms with Crippen LogP contribution in [0.2, 0.25) is 0 Å². The largest absolute Gasteiger partial charge is 0.487 e. The van der Waals surface area contributed by atoms with Gasteiger partial charge in [-0.05, 0) is 40.6 Å². The molecule has 0 saturated carbocycles. The van der Waals surface area contributed by atoms with E-state index in [-0.39, 0.29) is 5.78 Å². The summed E-state index contributed by atoms with van der Waals surface area (Å²) in [4.78, 5) is 15.7. The maximum absolute atomic E-state index is 11.7. The second kappa shape index (κ2) is 4.57. The first-order valence-corrected chi connectivity index (χ1v) is 5.51. The van der Waals surface area contributed by atoms with Gasteiger partial charge in [0.2, 0.25) is 0 Å². The summed E-state index contributed by atoms with van der Waals surface area (Å²) in [7, 11) is 0. The summed E-state index contributed by atoms with van der Waals surface area (Å²) in [6.45, 7) is 0.731. The van der Waals surface area contributed by atoms with Gasteiger partial charge in [-0.1, -0.05) is 0 Å². The summed E-state index contributed by atoms with van der Waals surface area (Å²) >= 11 is 3.24. The Kier molecular flexibility index (Phi) is 3.16. The standard InChI is InChI=1S/C11H10BrNO2/c12-11-6-8(4-5-13-11)10(14)3-1-2-9-7-15-9/h2,4-6H,1,3,7H2/b9-2-. The van der Waals surface area contributed by atoms with E-state index in [0.717, 1.165) is 18.8 Å². The first-order chi connectivity index (χ1) is 7.25. The van der Waals surface area contributed by atoms with Gasteiger partial charge in [-0.15, -0.1) is 0 Å². The molecule has 0 radical (unpaired) electrons. The Bertz CT molecular complexity index is 409. The fraction of sp³-hybridized carbons (Fsp3) is 0.273. The van der Waals surface area contributed by atoms with Crippen LogP contribution in [0.25, 0.3) is 0 Å². The van der Waals surface area contributed by atoms with E-state index in [1.54, 1.807) is 18.3 Å². The van der Waals surface area contributed by atoms with E-state index in [4.69, 9.17) is 4.74 Å². The van der Waals surface area contributed by atoms with Crippen molar-refractivity contribution in [3.63, 3.8) is 0 Å². The fourth-order valence-electron chi connectivity index (χ4n) is 1.24. The molecule has 0 aromatic carbocycles. The summed E-state index contributed by atoms with van der Waals surface area (Å²) in [5, 5.41) is 0. The zero-order chi connectivity index (χ0) is 10.7. The molecule has 4 heteroatoms. The molecule has 0 spiro atoms. The van der Waals surface area contributed by atoms with Crippen LogP contribution in [-0.2, 0) is 4.74 Å². The number of Topliss-reactive ketones (excluding diaryl/α,β-unsaturated/α-hetero) is 1. The van der Waals surface area contributed by atoms with E-state index < -0.39 is 0 Å². The third-order valence-electron chi connectivity index (χ3n) is 2.10. The zero-order valence-corrected chi connectivity index (χ0v) is 9.66. The summed E-state index contributed by atoms with van der Waals surface area (Å²) < 4.78 is 5.64. The number of allylic oxidation sites excluding steroid dienone is 1. The lowest BCUT2D eigenvalue weighted by Crippen LogP contribution is -1.98. The molecule has 2 rings (SSSR count). The van der Waals surface area contributed by atoms with Crippen molar-refractivity contribution in [2.45, 2.75) is 12.8 Å². The van der Waals surface area contributed by atoms with Gasteiger partial charge in [-0.25, -0.2) is 4.98 Å². The average Bonchev–Trinajstić information content (AvgIpc) is 3.01. The predicted octanol–water partition coefficient (Wildman–Crippen LogP) is 2.72. The second-order valence-electron chi connectivity index (χ2n) is 3.29. The molecular weight excluding hydrogens is 258 g/mol. The minimum Gasteiger partial charge on any atom is -0.487 e. The van der Waals surface area contributed by atoms with Gasteiger partial charge in [-0.2, -0.15) is 0 Å². The van der Waals surface area contributed by atoms with Crippen molar-refractivity contribution in [2.24, 2.45) is 0 Å². The van der Waals surface area contributed by atoms with E-state index in [2.05, 4.69) is 20.9 Å². The van der Waals surface area contributed by atoms with E-state index in [1.807, 2.05) is 6.08 Å². The number of carbonyl (C=O) groups excluding carboxylic acids is 1. The van der Waals surface area contributed by atoms with Crippen molar-refractivity contribution in [3.8, 4) is 0 Å². The molecule has 1 aliphatic heterocycles. The van der Waals surface area contributed by atoms with Gasteiger partial charge in [0, 0.05) is 18.2 Å². The molecule has 15 heavy (non-hydrogen) atoms. The Morgan fingerprint density at radius 3 is 3.13 bits per heavy atom. The second-order valence-corrected chi connectivity index (χ2v) is 4.10. The lowest BCUT2D eigenvalue weighted by atomic mass is 10.1. The van der Waals surface area contributed by atoms with Crippen LogP contribution in [0.15, 0.2) is 34.8 Å². The Labute approximate surface area is 96.3 Å². The summed E-state index contributed by atoms with van der Waals surface area (Å²) in [6, 6.07) is 3.47. The minimum atomic E-state index is 0.135. The highest BCUT2D eigenvalue weighted by atomic mass is 79.9. The molecule has 1 saturated heterocycles. The molecular formula is C11H10BrNO2. The van der Waals surface area contributed by atoms with Gasteiger partial charge in [0.05, 0.1) is 0 Å². The Morgan fingerprint density at radius 2 is 2.47 bits per heavy atom. The molecule has 0 amide bonds. The van der Waals surface area contributed by atoms with Crippen molar-refractivity contribution in [2.75, 3.05) is 6.61 Å². The number of aromatic nitrogens is 1. The summed E-state index contributed by atoms with van der Waals surface area (Å²) in [5.74, 6) is 1.13. The van der Waals surface area contributed by atoms with Gasteiger partial charge >= 0.3 is 0 Å². The van der Waals surface area contributed by atoms with Crippen molar-refractivity contribution >= 4 is 21.7 Å². The molecule has 3 nitrogen and oxygen atoms in total. The van der Waals surface area contributed by atoms with Crippen LogP contribution in [0.5, 0.6) is 0 Å². The van der Waals surface area contributed by atoms with E-state index >= 15 is 0 Å². The number of halogens is 1. The first-order valence-electron chi connectivity index (χ1n) is 4.72. The van der Waals surface area contributed by atoms with Crippen LogP contribution in [0, 0.1) is 0 Å². The number of pyridine rings is 1. The lowest BCUT2D eigenvalue weighted by Gasteiger charge is -1.98. The minimum absolute atomic E-state index is 0.135. The van der Waals surface area contributed by atoms with Crippen LogP contribution < -0.4 is 0 Å². The molecule has 1 aromatic rings. The van der Waals surface area contributed by atoms with Gasteiger partial charge < -0.3 is 4.74 Å². The van der Waals surface area contributed by atoms with E-state index in [9.17, 15) is 4.79 Å². The number of hydrogen-bond donors (Lipinski definition) is 0. The predicted molar refractivity (Wildman–Crippen MR) is 59.5 cm³/mol. The van der Waals surface area contributed by atoms with Crippen LogP contribution in [0.4, 0.5) is 0 Å². The number of nitrogens with zero attached hydrogens (tertiary/aromatic N) is 1. The van der Waals surface area contributed by atoms with Crippen molar-refractivity contribution in [3.05, 3.63) is 40.3 Å². The third-order valence-corrected chi connectivity index (χ3v) is 2.54. The maximum atomic E-state index is 11.7. The van der Waals surface area contributed by atoms with Crippen molar-refractivity contribution in [1.82, 2.24) is 4.98 Å². The van der Waals surface area contributed by atoms with Gasteiger partial charge in [0.1, 0.15) is 17.0 Å². The number of carbonyl (C=O) groups is 1. The van der Waals surface area contributed by atoms with Gasteiger partial charge in [-0.3, -0.25) is 4.79 Å². The third kappa shape index (κ3) is 3.16. The number of ketones is 1. The number of rotatable bonds is 4. The molecule has 0 unspecified atom stereocenters. The quantitative estimate of drug-likeness (QED) is 0.479. The van der Waals surface area contributed by atoms with Gasteiger partial charge in [0.25, 0.3) is 0 Å². The van der Waals surface area contributed by atoms with Crippen LogP contribution >= 0.6 is 15.9 Å². The molecule has 0 aliphatic carbocycles. The number of ether oxygens (including phenoxy) is 1.